The average Bonchev–Trinajstić information content (AvgIpc) is 2.61. The van der Waals surface area contributed by atoms with E-state index in [1.165, 1.54) is 6.20 Å². The molecule has 0 bridgehead atoms. The first-order valence-electron chi connectivity index (χ1n) is 5.04. The molecule has 0 fully saturated rings. The second-order valence-corrected chi connectivity index (χ2v) is 3.61. The smallest absolute Gasteiger partial charge is 0.261 e. The van der Waals surface area contributed by atoms with E-state index in [0.29, 0.717) is 11.4 Å². The fourth-order valence-electron chi connectivity index (χ4n) is 1.31. The van der Waals surface area contributed by atoms with Gasteiger partial charge >= 0.3 is 0 Å². The SMILES string of the molecule is Cc1noc(NC(=O)c2cccnc2N)c1C. The number of hydrogen-bond acceptors (Lipinski definition) is 5. The summed E-state index contributed by atoms with van der Waals surface area (Å²) in [7, 11) is 0. The van der Waals surface area contributed by atoms with E-state index in [2.05, 4.69) is 15.5 Å². The second-order valence-electron chi connectivity index (χ2n) is 3.61. The number of carbonyl (C=O) groups excluding carboxylic acids is 1. The van der Waals surface area contributed by atoms with Crippen LogP contribution in [0.1, 0.15) is 21.6 Å². The summed E-state index contributed by atoms with van der Waals surface area (Å²) in [6.07, 6.45) is 1.52. The molecule has 17 heavy (non-hydrogen) atoms. The van der Waals surface area contributed by atoms with E-state index in [1.807, 2.05) is 6.92 Å². The van der Waals surface area contributed by atoms with Crippen LogP contribution < -0.4 is 11.1 Å². The van der Waals surface area contributed by atoms with E-state index in [4.69, 9.17) is 10.3 Å². The second kappa shape index (κ2) is 4.25. The Labute approximate surface area is 97.8 Å². The van der Waals surface area contributed by atoms with Crippen molar-refractivity contribution in [2.75, 3.05) is 11.1 Å². The van der Waals surface area contributed by atoms with Gasteiger partial charge in [0.2, 0.25) is 5.88 Å². The molecule has 1 amide bonds. The van der Waals surface area contributed by atoms with Crippen molar-refractivity contribution >= 4 is 17.6 Å². The third-order valence-electron chi connectivity index (χ3n) is 2.47. The first-order chi connectivity index (χ1) is 8.09. The Bertz CT molecular complexity index is 562. The summed E-state index contributed by atoms with van der Waals surface area (Å²) in [5, 5.41) is 6.35. The number of nitrogen functional groups attached to an aromatic ring is 1. The minimum absolute atomic E-state index is 0.180. The van der Waals surface area contributed by atoms with E-state index in [1.54, 1.807) is 19.1 Å². The van der Waals surface area contributed by atoms with Gasteiger partial charge in [0.15, 0.2) is 0 Å². The van der Waals surface area contributed by atoms with Crippen LogP contribution in [0.25, 0.3) is 0 Å². The molecular formula is C11H12N4O2. The lowest BCUT2D eigenvalue weighted by atomic mass is 10.2. The highest BCUT2D eigenvalue weighted by Crippen LogP contribution is 2.19. The van der Waals surface area contributed by atoms with Crippen LogP contribution in [0.15, 0.2) is 22.9 Å². The Morgan fingerprint density at radius 2 is 2.24 bits per heavy atom. The molecule has 0 atom stereocenters. The first kappa shape index (κ1) is 11.1. The molecule has 6 heteroatoms. The Morgan fingerprint density at radius 3 is 2.82 bits per heavy atom. The third kappa shape index (κ3) is 2.10. The molecule has 0 radical (unpaired) electrons. The van der Waals surface area contributed by atoms with Gasteiger partial charge in [-0.25, -0.2) is 4.98 Å². The number of carbonyl (C=O) groups is 1. The van der Waals surface area contributed by atoms with Gasteiger partial charge in [-0.3, -0.25) is 10.1 Å². The maximum absolute atomic E-state index is 11.9. The molecular weight excluding hydrogens is 220 g/mol. The van der Waals surface area contributed by atoms with Crippen molar-refractivity contribution < 1.29 is 9.32 Å². The van der Waals surface area contributed by atoms with Crippen LogP contribution in [0.5, 0.6) is 0 Å². The van der Waals surface area contributed by atoms with Gasteiger partial charge in [0, 0.05) is 11.8 Å². The number of nitrogens with zero attached hydrogens (tertiary/aromatic N) is 2. The van der Waals surface area contributed by atoms with Gasteiger partial charge in [-0.2, -0.15) is 0 Å². The summed E-state index contributed by atoms with van der Waals surface area (Å²) < 4.78 is 4.98. The van der Waals surface area contributed by atoms with E-state index in [9.17, 15) is 4.79 Å². The Kier molecular flexibility index (Phi) is 2.78. The largest absolute Gasteiger partial charge is 0.383 e. The van der Waals surface area contributed by atoms with Gasteiger partial charge in [-0.1, -0.05) is 5.16 Å². The lowest BCUT2D eigenvalue weighted by molar-refractivity contribution is 0.102. The molecule has 2 aromatic heterocycles. The zero-order valence-corrected chi connectivity index (χ0v) is 9.52. The quantitative estimate of drug-likeness (QED) is 0.818. The van der Waals surface area contributed by atoms with Gasteiger partial charge in [0.25, 0.3) is 5.91 Å². The topological polar surface area (TPSA) is 94.0 Å². The molecule has 0 spiro atoms. The van der Waals surface area contributed by atoms with Crippen LogP contribution in [-0.4, -0.2) is 16.0 Å². The Morgan fingerprint density at radius 1 is 1.47 bits per heavy atom. The highest BCUT2D eigenvalue weighted by atomic mass is 16.5. The van der Waals surface area contributed by atoms with Crippen LogP contribution in [0.2, 0.25) is 0 Å². The minimum Gasteiger partial charge on any atom is -0.383 e. The van der Waals surface area contributed by atoms with E-state index in [-0.39, 0.29) is 11.7 Å². The van der Waals surface area contributed by atoms with Crippen molar-refractivity contribution in [3.05, 3.63) is 35.2 Å². The molecule has 0 aliphatic carbocycles. The molecule has 6 nitrogen and oxygen atoms in total. The molecule has 3 N–H and O–H groups in total. The summed E-state index contributed by atoms with van der Waals surface area (Å²) in [6, 6.07) is 3.24. The third-order valence-corrected chi connectivity index (χ3v) is 2.47. The van der Waals surface area contributed by atoms with Gasteiger partial charge in [-0.05, 0) is 26.0 Å². The normalized spacial score (nSPS) is 10.2. The summed E-state index contributed by atoms with van der Waals surface area (Å²) in [5.74, 6) is 0.143. The molecule has 0 aromatic carbocycles. The van der Waals surface area contributed by atoms with Crippen LogP contribution in [-0.2, 0) is 0 Å². The van der Waals surface area contributed by atoms with Crippen molar-refractivity contribution in [3.8, 4) is 0 Å². The van der Waals surface area contributed by atoms with Crippen molar-refractivity contribution in [2.45, 2.75) is 13.8 Å². The minimum atomic E-state index is -0.366. The molecule has 0 unspecified atom stereocenters. The number of nitrogens with one attached hydrogen (secondary N) is 1. The summed E-state index contributed by atoms with van der Waals surface area (Å²) in [5.41, 5.74) is 7.43. The number of aromatic nitrogens is 2. The van der Waals surface area contributed by atoms with Crippen LogP contribution in [0.3, 0.4) is 0 Å². The fourth-order valence-corrected chi connectivity index (χ4v) is 1.31. The molecule has 88 valence electrons. The Hall–Kier alpha value is -2.37. The molecule has 0 aliphatic heterocycles. The average molecular weight is 232 g/mol. The highest BCUT2D eigenvalue weighted by molar-refractivity contribution is 6.06. The van der Waals surface area contributed by atoms with Crippen molar-refractivity contribution in [1.29, 1.82) is 0 Å². The number of aryl methyl sites for hydroxylation is 1. The number of anilines is 2. The molecule has 0 aliphatic rings. The van der Waals surface area contributed by atoms with E-state index >= 15 is 0 Å². The van der Waals surface area contributed by atoms with Crippen molar-refractivity contribution in [2.24, 2.45) is 0 Å². The number of rotatable bonds is 2. The monoisotopic (exact) mass is 232 g/mol. The maximum Gasteiger partial charge on any atom is 0.261 e. The van der Waals surface area contributed by atoms with Crippen molar-refractivity contribution in [1.82, 2.24) is 10.1 Å². The van der Waals surface area contributed by atoms with E-state index < -0.39 is 0 Å². The van der Waals surface area contributed by atoms with Gasteiger partial charge < -0.3 is 10.3 Å². The molecule has 2 rings (SSSR count). The zero-order chi connectivity index (χ0) is 12.4. The van der Waals surface area contributed by atoms with Gasteiger partial charge in [0.1, 0.15) is 5.82 Å². The number of hydrogen-bond donors (Lipinski definition) is 2. The molecule has 2 heterocycles. The molecule has 0 saturated heterocycles. The lowest BCUT2D eigenvalue weighted by Gasteiger charge is -2.04. The zero-order valence-electron chi connectivity index (χ0n) is 9.52. The number of nitrogens with two attached hydrogens (primary N) is 1. The molecule has 2 aromatic rings. The van der Waals surface area contributed by atoms with E-state index in [0.717, 1.165) is 11.3 Å². The van der Waals surface area contributed by atoms with Crippen LogP contribution >= 0.6 is 0 Å². The molecule has 0 saturated carbocycles. The predicted octanol–water partition coefficient (Wildman–Crippen LogP) is 1.52. The summed E-state index contributed by atoms with van der Waals surface area (Å²) in [6.45, 7) is 3.61. The van der Waals surface area contributed by atoms with Gasteiger partial charge in [-0.15, -0.1) is 0 Å². The maximum atomic E-state index is 11.9. The summed E-state index contributed by atoms with van der Waals surface area (Å²) >= 11 is 0. The highest BCUT2D eigenvalue weighted by Gasteiger charge is 2.15. The first-order valence-corrected chi connectivity index (χ1v) is 5.04. The van der Waals surface area contributed by atoms with Crippen molar-refractivity contribution in [3.63, 3.8) is 0 Å². The summed E-state index contributed by atoms with van der Waals surface area (Å²) in [4.78, 5) is 15.7. The van der Waals surface area contributed by atoms with Gasteiger partial charge in [0.05, 0.1) is 11.3 Å². The predicted molar refractivity (Wildman–Crippen MR) is 62.6 cm³/mol. The Balaban J connectivity index is 2.23. The number of amides is 1. The lowest BCUT2D eigenvalue weighted by Crippen LogP contribution is -2.14. The van der Waals surface area contributed by atoms with Crippen LogP contribution in [0, 0.1) is 13.8 Å². The number of pyridine rings is 1. The fraction of sp³-hybridized carbons (Fsp3) is 0.182. The standard InChI is InChI=1S/C11H12N4O2/c1-6-7(2)15-17-11(6)14-10(16)8-4-3-5-13-9(8)12/h3-5H,1-2H3,(H2,12,13)(H,14,16). The van der Waals surface area contributed by atoms with Crippen LogP contribution in [0.4, 0.5) is 11.7 Å².